The molecule has 0 aromatic heterocycles. The van der Waals surface area contributed by atoms with Crippen LogP contribution in [0, 0.1) is 0 Å². The molecule has 2 N–H and O–H groups in total. The third-order valence-electron chi connectivity index (χ3n) is 2.75. The van der Waals surface area contributed by atoms with Gasteiger partial charge in [0.2, 0.25) is 0 Å². The van der Waals surface area contributed by atoms with E-state index in [1.807, 2.05) is 24.3 Å². The molecule has 2 aromatic carbocycles. The first-order chi connectivity index (χ1) is 8.74. The zero-order chi connectivity index (χ0) is 13.0. The van der Waals surface area contributed by atoms with Crippen molar-refractivity contribution in [3.8, 4) is 11.5 Å². The van der Waals surface area contributed by atoms with Gasteiger partial charge in [-0.2, -0.15) is 0 Å². The molecule has 0 bridgehead atoms. The largest absolute Gasteiger partial charge is 0.508 e. The molecule has 3 nitrogen and oxygen atoms in total. The standard InChI is InChI=1S/C14H15O3Si/c1-17-10-18(13-8-4-2-6-11(13)15)14-9-5-3-7-12(14)16/h2-9,15-16H,10H2,1H3. The lowest BCUT2D eigenvalue weighted by atomic mass is 10.3. The van der Waals surface area contributed by atoms with Crippen LogP contribution in [0.15, 0.2) is 48.5 Å². The number of methoxy groups -OCH3 is 1. The van der Waals surface area contributed by atoms with Crippen LogP contribution in [0.2, 0.25) is 0 Å². The molecule has 0 saturated heterocycles. The molecule has 4 heteroatoms. The second-order valence-electron chi connectivity index (χ2n) is 3.95. The monoisotopic (exact) mass is 259 g/mol. The first-order valence-corrected chi connectivity index (χ1v) is 7.36. The van der Waals surface area contributed by atoms with Gasteiger partial charge in [-0.05, 0) is 22.5 Å². The Bertz CT molecular complexity index is 482. The minimum Gasteiger partial charge on any atom is -0.508 e. The highest BCUT2D eigenvalue weighted by Gasteiger charge is 2.22. The lowest BCUT2D eigenvalue weighted by Gasteiger charge is -2.17. The van der Waals surface area contributed by atoms with Crippen LogP contribution >= 0.6 is 0 Å². The number of ether oxygens (including phenoxy) is 1. The van der Waals surface area contributed by atoms with E-state index >= 15 is 0 Å². The molecule has 0 atom stereocenters. The van der Waals surface area contributed by atoms with Gasteiger partial charge in [-0.1, -0.05) is 36.4 Å². The number of phenolic OH excluding ortho intramolecular Hbond substituents is 2. The normalized spacial score (nSPS) is 10.8. The highest BCUT2D eigenvalue weighted by molar-refractivity contribution is 6.86. The third kappa shape index (κ3) is 2.55. The second kappa shape index (κ2) is 5.71. The summed E-state index contributed by atoms with van der Waals surface area (Å²) in [5, 5.41) is 21.6. The van der Waals surface area contributed by atoms with Crippen molar-refractivity contribution in [2.24, 2.45) is 0 Å². The van der Waals surface area contributed by atoms with Gasteiger partial charge in [-0.3, -0.25) is 0 Å². The van der Waals surface area contributed by atoms with Gasteiger partial charge in [0.25, 0.3) is 0 Å². The number of benzene rings is 2. The van der Waals surface area contributed by atoms with Crippen molar-refractivity contribution in [1.29, 1.82) is 0 Å². The number of hydrogen-bond donors (Lipinski definition) is 2. The van der Waals surface area contributed by atoms with Gasteiger partial charge < -0.3 is 14.9 Å². The fourth-order valence-electron chi connectivity index (χ4n) is 1.90. The zero-order valence-corrected chi connectivity index (χ0v) is 11.1. The summed E-state index contributed by atoms with van der Waals surface area (Å²) in [6.45, 7) is 0. The van der Waals surface area contributed by atoms with Crippen LogP contribution in [0.1, 0.15) is 0 Å². The Balaban J connectivity index is 2.47. The van der Waals surface area contributed by atoms with E-state index in [-0.39, 0.29) is 11.5 Å². The van der Waals surface area contributed by atoms with Crippen LogP contribution in [0.4, 0.5) is 0 Å². The summed E-state index contributed by atoms with van der Waals surface area (Å²) in [6, 6.07) is 14.4. The molecule has 2 aromatic rings. The summed E-state index contributed by atoms with van der Waals surface area (Å²) in [5.41, 5.74) is 0. The maximum Gasteiger partial charge on any atom is 0.160 e. The number of phenols is 2. The molecule has 18 heavy (non-hydrogen) atoms. The maximum absolute atomic E-state index is 9.95. The highest BCUT2D eigenvalue weighted by Crippen LogP contribution is 2.10. The number of para-hydroxylation sites is 2. The van der Waals surface area contributed by atoms with Crippen molar-refractivity contribution in [3.63, 3.8) is 0 Å². The minimum absolute atomic E-state index is 0.256. The van der Waals surface area contributed by atoms with Crippen molar-refractivity contribution in [2.45, 2.75) is 0 Å². The lowest BCUT2D eigenvalue weighted by molar-refractivity contribution is 0.250. The summed E-state index contributed by atoms with van der Waals surface area (Å²) in [4.78, 5) is 0. The Labute approximate surface area is 108 Å². The quantitative estimate of drug-likeness (QED) is 0.802. The molecule has 0 aliphatic carbocycles. The molecule has 0 aliphatic rings. The predicted molar refractivity (Wildman–Crippen MR) is 73.1 cm³/mol. The van der Waals surface area contributed by atoms with Crippen LogP contribution in [-0.4, -0.2) is 32.3 Å². The first-order valence-electron chi connectivity index (χ1n) is 5.65. The van der Waals surface area contributed by atoms with Gasteiger partial charge in [0.05, 0.1) is 0 Å². The topological polar surface area (TPSA) is 49.7 Å². The van der Waals surface area contributed by atoms with E-state index in [9.17, 15) is 10.2 Å². The van der Waals surface area contributed by atoms with E-state index in [0.717, 1.165) is 10.4 Å². The highest BCUT2D eigenvalue weighted by atomic mass is 28.3. The molecule has 2 rings (SSSR count). The number of rotatable bonds is 4. The van der Waals surface area contributed by atoms with Crippen molar-refractivity contribution in [2.75, 3.05) is 13.3 Å². The van der Waals surface area contributed by atoms with E-state index < -0.39 is 8.80 Å². The molecule has 0 unspecified atom stereocenters. The molecule has 93 valence electrons. The van der Waals surface area contributed by atoms with Crippen molar-refractivity contribution in [3.05, 3.63) is 48.5 Å². The molecular formula is C14H15O3Si. The third-order valence-corrected chi connectivity index (χ3v) is 5.47. The van der Waals surface area contributed by atoms with E-state index in [1.54, 1.807) is 31.4 Å². The first kappa shape index (κ1) is 12.7. The Morgan fingerprint density at radius 1 is 0.889 bits per heavy atom. The van der Waals surface area contributed by atoms with Gasteiger partial charge in [0.15, 0.2) is 8.80 Å². The van der Waals surface area contributed by atoms with Crippen molar-refractivity contribution < 1.29 is 14.9 Å². The van der Waals surface area contributed by atoms with Gasteiger partial charge in [0.1, 0.15) is 11.5 Å². The average Bonchev–Trinajstić information content (AvgIpc) is 2.38. The van der Waals surface area contributed by atoms with Crippen molar-refractivity contribution in [1.82, 2.24) is 0 Å². The van der Waals surface area contributed by atoms with E-state index in [2.05, 4.69) is 0 Å². The summed E-state index contributed by atoms with van der Waals surface area (Å²) in [5.74, 6) is 0.512. The zero-order valence-electron chi connectivity index (χ0n) is 10.1. The Morgan fingerprint density at radius 2 is 1.33 bits per heavy atom. The second-order valence-corrected chi connectivity index (χ2v) is 6.27. The molecule has 0 spiro atoms. The Morgan fingerprint density at radius 3 is 1.72 bits per heavy atom. The minimum atomic E-state index is -1.33. The number of hydrogen-bond acceptors (Lipinski definition) is 3. The molecular weight excluding hydrogens is 244 g/mol. The Hall–Kier alpha value is -1.78. The smallest absolute Gasteiger partial charge is 0.160 e. The van der Waals surface area contributed by atoms with Crippen LogP contribution in [-0.2, 0) is 4.74 Å². The van der Waals surface area contributed by atoms with E-state index in [0.29, 0.717) is 6.23 Å². The van der Waals surface area contributed by atoms with Crippen molar-refractivity contribution >= 4 is 19.2 Å². The van der Waals surface area contributed by atoms with E-state index in [4.69, 9.17) is 4.74 Å². The fraction of sp³-hybridized carbons (Fsp3) is 0.143. The summed E-state index contributed by atoms with van der Waals surface area (Å²) >= 11 is 0. The van der Waals surface area contributed by atoms with Gasteiger partial charge >= 0.3 is 0 Å². The molecule has 0 aliphatic heterocycles. The van der Waals surface area contributed by atoms with Crippen LogP contribution < -0.4 is 10.4 Å². The SMILES string of the molecule is COC[Si](c1ccccc1O)c1ccccc1O. The molecule has 0 fully saturated rings. The summed E-state index contributed by atoms with van der Waals surface area (Å²) in [6.07, 6.45) is 0.500. The predicted octanol–water partition coefficient (Wildman–Crippen LogP) is 0.892. The number of aromatic hydroxyl groups is 2. The molecule has 0 amide bonds. The van der Waals surface area contributed by atoms with Crippen LogP contribution in [0.25, 0.3) is 0 Å². The molecule has 0 saturated carbocycles. The lowest BCUT2D eigenvalue weighted by Crippen LogP contribution is -2.46. The van der Waals surface area contributed by atoms with Gasteiger partial charge in [-0.25, -0.2) is 0 Å². The summed E-state index contributed by atoms with van der Waals surface area (Å²) < 4.78 is 5.25. The van der Waals surface area contributed by atoms with Crippen LogP contribution in [0.3, 0.4) is 0 Å². The maximum atomic E-state index is 9.95. The molecule has 1 radical (unpaired) electrons. The van der Waals surface area contributed by atoms with Crippen LogP contribution in [0.5, 0.6) is 11.5 Å². The Kier molecular flexibility index (Phi) is 4.02. The fourth-order valence-corrected chi connectivity index (χ4v) is 4.17. The van der Waals surface area contributed by atoms with Gasteiger partial charge in [-0.15, -0.1) is 0 Å². The molecule has 0 heterocycles. The average molecular weight is 259 g/mol. The summed E-state index contributed by atoms with van der Waals surface area (Å²) in [7, 11) is 0.297. The van der Waals surface area contributed by atoms with Gasteiger partial charge in [0, 0.05) is 13.3 Å². The van der Waals surface area contributed by atoms with E-state index in [1.165, 1.54) is 0 Å².